The molecule has 0 aliphatic carbocycles. The van der Waals surface area contributed by atoms with Crippen molar-refractivity contribution in [3.63, 3.8) is 0 Å². The summed E-state index contributed by atoms with van der Waals surface area (Å²) >= 11 is 0. The standard InChI is InChI=1S/C26H30N2O5S/c1-16-8-7-9-23(18(16)3)28-34(30,31)25-14-20(11-10-17(25)2)26(29)27-19(4)22-15-21(32-5)12-13-24(22)33-6/h7-15,19,28H,1-6H3,(H,27,29)/t19-/m0/s1. The van der Waals surface area contributed by atoms with Crippen molar-refractivity contribution in [1.82, 2.24) is 5.32 Å². The molecule has 0 aliphatic rings. The number of nitrogens with one attached hydrogen (secondary N) is 2. The van der Waals surface area contributed by atoms with Gasteiger partial charge in [0.2, 0.25) is 0 Å². The zero-order chi connectivity index (χ0) is 25.0. The van der Waals surface area contributed by atoms with Crippen LogP contribution in [0.25, 0.3) is 0 Å². The molecule has 7 nitrogen and oxygen atoms in total. The number of benzene rings is 3. The molecule has 0 unspecified atom stereocenters. The summed E-state index contributed by atoms with van der Waals surface area (Å²) < 4.78 is 39.7. The Morgan fingerprint density at radius 2 is 1.65 bits per heavy atom. The van der Waals surface area contributed by atoms with E-state index >= 15 is 0 Å². The molecule has 0 aliphatic heterocycles. The summed E-state index contributed by atoms with van der Waals surface area (Å²) in [5.41, 5.74) is 3.85. The van der Waals surface area contributed by atoms with E-state index in [0.29, 0.717) is 22.7 Å². The van der Waals surface area contributed by atoms with Crippen molar-refractivity contribution in [2.75, 3.05) is 18.9 Å². The Hall–Kier alpha value is -3.52. The first-order chi connectivity index (χ1) is 16.1. The molecule has 3 aromatic carbocycles. The topological polar surface area (TPSA) is 93.7 Å². The molecule has 0 heterocycles. The van der Waals surface area contributed by atoms with E-state index in [-0.39, 0.29) is 10.5 Å². The number of aryl methyl sites for hydroxylation is 2. The average molecular weight is 483 g/mol. The van der Waals surface area contributed by atoms with Crippen LogP contribution < -0.4 is 19.5 Å². The van der Waals surface area contributed by atoms with Gasteiger partial charge in [-0.2, -0.15) is 0 Å². The molecular formula is C26H30N2O5S. The van der Waals surface area contributed by atoms with Crippen molar-refractivity contribution in [2.24, 2.45) is 0 Å². The van der Waals surface area contributed by atoms with Crippen LogP contribution in [-0.2, 0) is 10.0 Å². The van der Waals surface area contributed by atoms with E-state index in [2.05, 4.69) is 10.0 Å². The van der Waals surface area contributed by atoms with Gasteiger partial charge in [0.1, 0.15) is 11.5 Å². The lowest BCUT2D eigenvalue weighted by Gasteiger charge is -2.19. The first kappa shape index (κ1) is 25.1. The van der Waals surface area contributed by atoms with E-state index in [1.54, 1.807) is 63.6 Å². The molecule has 1 amide bonds. The van der Waals surface area contributed by atoms with Crippen molar-refractivity contribution < 1.29 is 22.7 Å². The SMILES string of the molecule is COc1ccc(OC)c([C@H](C)NC(=O)c2ccc(C)c(S(=O)(=O)Nc3cccc(C)c3C)c2)c1. The molecule has 0 fully saturated rings. The van der Waals surface area contributed by atoms with Crippen LogP contribution in [0.3, 0.4) is 0 Å². The second kappa shape index (κ2) is 10.2. The Morgan fingerprint density at radius 1 is 0.912 bits per heavy atom. The number of anilines is 1. The highest BCUT2D eigenvalue weighted by Crippen LogP contribution is 2.30. The van der Waals surface area contributed by atoms with Crippen LogP contribution in [0.4, 0.5) is 5.69 Å². The molecule has 2 N–H and O–H groups in total. The van der Waals surface area contributed by atoms with Crippen LogP contribution in [0.1, 0.15) is 45.6 Å². The predicted molar refractivity (Wildman–Crippen MR) is 133 cm³/mol. The van der Waals surface area contributed by atoms with Gasteiger partial charge < -0.3 is 14.8 Å². The van der Waals surface area contributed by atoms with Crippen LogP contribution in [0.2, 0.25) is 0 Å². The van der Waals surface area contributed by atoms with Crippen LogP contribution in [0, 0.1) is 20.8 Å². The maximum atomic E-state index is 13.2. The lowest BCUT2D eigenvalue weighted by Crippen LogP contribution is -2.27. The van der Waals surface area contributed by atoms with E-state index in [9.17, 15) is 13.2 Å². The van der Waals surface area contributed by atoms with Gasteiger partial charge in [-0.3, -0.25) is 9.52 Å². The largest absolute Gasteiger partial charge is 0.497 e. The molecule has 34 heavy (non-hydrogen) atoms. The fraction of sp³-hybridized carbons (Fsp3) is 0.269. The number of ether oxygens (including phenoxy) is 2. The van der Waals surface area contributed by atoms with Crippen molar-refractivity contribution in [2.45, 2.75) is 38.6 Å². The molecule has 3 aromatic rings. The Labute approximate surface area is 201 Å². The van der Waals surface area contributed by atoms with Crippen LogP contribution in [0.15, 0.2) is 59.5 Å². The van der Waals surface area contributed by atoms with Gasteiger partial charge in [-0.1, -0.05) is 18.2 Å². The summed E-state index contributed by atoms with van der Waals surface area (Å²) in [6.45, 7) is 7.30. The number of carbonyl (C=O) groups is 1. The zero-order valence-corrected chi connectivity index (χ0v) is 21.0. The maximum absolute atomic E-state index is 13.2. The minimum absolute atomic E-state index is 0.0488. The first-order valence-electron chi connectivity index (χ1n) is 10.8. The fourth-order valence-electron chi connectivity index (χ4n) is 3.63. The summed E-state index contributed by atoms with van der Waals surface area (Å²) in [5, 5.41) is 2.91. The fourth-order valence-corrected chi connectivity index (χ4v) is 5.02. The number of hydrogen-bond donors (Lipinski definition) is 2. The monoisotopic (exact) mass is 482 g/mol. The van der Waals surface area contributed by atoms with E-state index in [1.165, 1.54) is 6.07 Å². The van der Waals surface area contributed by atoms with E-state index in [4.69, 9.17) is 9.47 Å². The predicted octanol–water partition coefficient (Wildman–Crippen LogP) is 4.92. The number of hydrogen-bond acceptors (Lipinski definition) is 5. The van der Waals surface area contributed by atoms with Crippen molar-refractivity contribution in [3.05, 3.63) is 82.4 Å². The molecule has 0 spiro atoms. The summed E-state index contributed by atoms with van der Waals surface area (Å²) in [4.78, 5) is 13.1. The van der Waals surface area contributed by atoms with Gasteiger partial charge in [-0.05, 0) is 80.8 Å². The highest BCUT2D eigenvalue weighted by atomic mass is 32.2. The van der Waals surface area contributed by atoms with E-state index in [1.807, 2.05) is 26.8 Å². The molecular weight excluding hydrogens is 452 g/mol. The van der Waals surface area contributed by atoms with Crippen molar-refractivity contribution >= 4 is 21.6 Å². The van der Waals surface area contributed by atoms with Gasteiger partial charge in [0, 0.05) is 11.1 Å². The van der Waals surface area contributed by atoms with Crippen LogP contribution in [-0.4, -0.2) is 28.5 Å². The lowest BCUT2D eigenvalue weighted by atomic mass is 10.1. The highest BCUT2D eigenvalue weighted by molar-refractivity contribution is 7.92. The van der Waals surface area contributed by atoms with Crippen LogP contribution >= 0.6 is 0 Å². The molecule has 0 saturated heterocycles. The molecule has 1 atom stereocenters. The van der Waals surface area contributed by atoms with Gasteiger partial charge in [0.25, 0.3) is 15.9 Å². The second-order valence-electron chi connectivity index (χ2n) is 8.14. The molecule has 180 valence electrons. The zero-order valence-electron chi connectivity index (χ0n) is 20.2. The number of sulfonamides is 1. The summed E-state index contributed by atoms with van der Waals surface area (Å²) in [6.07, 6.45) is 0. The Balaban J connectivity index is 1.88. The van der Waals surface area contributed by atoms with Gasteiger partial charge in [-0.15, -0.1) is 0 Å². The molecule has 0 saturated carbocycles. The number of carbonyl (C=O) groups excluding carboxylic acids is 1. The van der Waals surface area contributed by atoms with E-state index < -0.39 is 22.0 Å². The molecule has 0 radical (unpaired) electrons. The minimum atomic E-state index is -3.91. The summed E-state index contributed by atoms with van der Waals surface area (Å²) in [7, 11) is -0.786. The second-order valence-corrected chi connectivity index (χ2v) is 9.79. The van der Waals surface area contributed by atoms with Crippen molar-refractivity contribution in [3.8, 4) is 11.5 Å². The van der Waals surface area contributed by atoms with Gasteiger partial charge >= 0.3 is 0 Å². The summed E-state index contributed by atoms with van der Waals surface area (Å²) in [6, 6.07) is 15.0. The Kier molecular flexibility index (Phi) is 7.51. The smallest absolute Gasteiger partial charge is 0.262 e. The molecule has 3 rings (SSSR count). The normalized spacial score (nSPS) is 12.1. The molecule has 0 aromatic heterocycles. The molecule has 0 bridgehead atoms. The number of methoxy groups -OCH3 is 2. The third-order valence-electron chi connectivity index (χ3n) is 5.84. The molecule has 8 heteroatoms. The lowest BCUT2D eigenvalue weighted by molar-refractivity contribution is 0.0939. The number of rotatable bonds is 8. The third kappa shape index (κ3) is 5.34. The first-order valence-corrected chi connectivity index (χ1v) is 12.3. The van der Waals surface area contributed by atoms with Crippen LogP contribution in [0.5, 0.6) is 11.5 Å². The van der Waals surface area contributed by atoms with Gasteiger partial charge in [0.15, 0.2) is 0 Å². The maximum Gasteiger partial charge on any atom is 0.262 e. The quantitative estimate of drug-likeness (QED) is 0.475. The average Bonchev–Trinajstić information content (AvgIpc) is 2.81. The minimum Gasteiger partial charge on any atom is -0.497 e. The van der Waals surface area contributed by atoms with E-state index in [0.717, 1.165) is 16.7 Å². The van der Waals surface area contributed by atoms with Crippen molar-refractivity contribution in [1.29, 1.82) is 0 Å². The van der Waals surface area contributed by atoms with Gasteiger partial charge in [-0.25, -0.2) is 8.42 Å². The summed E-state index contributed by atoms with van der Waals surface area (Å²) in [5.74, 6) is 0.845. The third-order valence-corrected chi connectivity index (χ3v) is 7.35. The van der Waals surface area contributed by atoms with Gasteiger partial charge in [0.05, 0.1) is 30.8 Å². The Bertz CT molecular complexity index is 1320. The number of amides is 1. The Morgan fingerprint density at radius 3 is 2.32 bits per heavy atom. The highest BCUT2D eigenvalue weighted by Gasteiger charge is 2.22.